The lowest BCUT2D eigenvalue weighted by Gasteiger charge is -2.13. The van der Waals surface area contributed by atoms with E-state index in [1.807, 2.05) is 73.7 Å². The highest BCUT2D eigenvalue weighted by Gasteiger charge is 2.13. The molecular formula is C23H21N3O3S. The highest BCUT2D eigenvalue weighted by molar-refractivity contribution is 7.99. The van der Waals surface area contributed by atoms with Crippen LogP contribution in [0.2, 0.25) is 0 Å². The summed E-state index contributed by atoms with van der Waals surface area (Å²) in [6.45, 7) is 2.12. The van der Waals surface area contributed by atoms with E-state index in [0.29, 0.717) is 11.1 Å². The van der Waals surface area contributed by atoms with Gasteiger partial charge >= 0.3 is 0 Å². The minimum atomic E-state index is -0.0940. The Morgan fingerprint density at radius 3 is 2.63 bits per heavy atom. The minimum absolute atomic E-state index is 0.0621. The van der Waals surface area contributed by atoms with Crippen LogP contribution in [0.5, 0.6) is 5.75 Å². The lowest BCUT2D eigenvalue weighted by molar-refractivity contribution is -0.119. The van der Waals surface area contributed by atoms with Crippen LogP contribution in [0.4, 0.5) is 0 Å². The third-order valence-electron chi connectivity index (χ3n) is 4.54. The van der Waals surface area contributed by atoms with Crippen molar-refractivity contribution in [1.82, 2.24) is 15.5 Å². The first kappa shape index (κ1) is 20.0. The van der Waals surface area contributed by atoms with Crippen LogP contribution in [-0.4, -0.2) is 21.9 Å². The quantitative estimate of drug-likeness (QED) is 0.415. The summed E-state index contributed by atoms with van der Waals surface area (Å²) in [5.74, 6) is 1.20. The monoisotopic (exact) mass is 419 g/mol. The Balaban J connectivity index is 1.26. The molecule has 0 unspecified atom stereocenters. The maximum Gasteiger partial charge on any atom is 0.277 e. The number of ether oxygens (including phenoxy) is 1. The van der Waals surface area contributed by atoms with E-state index in [9.17, 15) is 4.79 Å². The molecular weight excluding hydrogens is 398 g/mol. The minimum Gasteiger partial charge on any atom is -0.484 e. The largest absolute Gasteiger partial charge is 0.484 e. The van der Waals surface area contributed by atoms with E-state index >= 15 is 0 Å². The molecule has 0 aliphatic heterocycles. The van der Waals surface area contributed by atoms with E-state index in [1.165, 1.54) is 11.8 Å². The second-order valence-electron chi connectivity index (χ2n) is 6.75. The lowest BCUT2D eigenvalue weighted by Crippen LogP contribution is -2.28. The van der Waals surface area contributed by atoms with E-state index in [0.717, 1.165) is 22.1 Å². The van der Waals surface area contributed by atoms with Gasteiger partial charge in [-0.05, 0) is 35.4 Å². The number of nitrogens with one attached hydrogen (secondary N) is 1. The first-order chi connectivity index (χ1) is 14.7. The van der Waals surface area contributed by atoms with Crippen molar-refractivity contribution in [2.24, 2.45) is 0 Å². The molecule has 1 aromatic heterocycles. The zero-order valence-corrected chi connectivity index (χ0v) is 17.3. The lowest BCUT2D eigenvalue weighted by atomic mass is 10.1. The molecule has 0 saturated carbocycles. The van der Waals surface area contributed by atoms with Crippen LogP contribution in [0.15, 0.2) is 82.4 Å². The Bertz CT molecular complexity index is 1130. The SMILES string of the molecule is C[C@@H](NC(=O)CSc1nnc(COc2ccc3ccccc3c2)o1)c1ccccc1. The number of benzene rings is 3. The van der Waals surface area contributed by atoms with Gasteiger partial charge < -0.3 is 14.5 Å². The molecule has 0 saturated heterocycles. The fraction of sp³-hybridized carbons (Fsp3) is 0.174. The Kier molecular flexibility index (Phi) is 6.29. The zero-order valence-electron chi connectivity index (χ0n) is 16.4. The summed E-state index contributed by atoms with van der Waals surface area (Å²) in [4.78, 5) is 12.2. The zero-order chi connectivity index (χ0) is 20.8. The molecule has 3 aromatic carbocycles. The van der Waals surface area contributed by atoms with Crippen molar-refractivity contribution in [3.05, 3.63) is 84.3 Å². The fourth-order valence-corrected chi connectivity index (χ4v) is 3.58. The molecule has 6 nitrogen and oxygen atoms in total. The molecule has 1 N–H and O–H groups in total. The van der Waals surface area contributed by atoms with Gasteiger partial charge in [0.1, 0.15) is 5.75 Å². The Hall–Kier alpha value is -3.32. The number of thioether (sulfide) groups is 1. The van der Waals surface area contributed by atoms with Gasteiger partial charge in [-0.3, -0.25) is 4.79 Å². The Labute approximate surface area is 178 Å². The van der Waals surface area contributed by atoms with E-state index in [2.05, 4.69) is 21.6 Å². The molecule has 1 amide bonds. The van der Waals surface area contributed by atoms with Crippen LogP contribution in [0.1, 0.15) is 24.4 Å². The van der Waals surface area contributed by atoms with Gasteiger partial charge in [-0.2, -0.15) is 0 Å². The molecule has 0 aliphatic carbocycles. The third kappa shape index (κ3) is 5.18. The van der Waals surface area contributed by atoms with Crippen molar-refractivity contribution in [3.63, 3.8) is 0 Å². The molecule has 4 rings (SSSR count). The first-order valence-electron chi connectivity index (χ1n) is 9.58. The molecule has 0 fully saturated rings. The molecule has 0 spiro atoms. The number of hydrogen-bond acceptors (Lipinski definition) is 6. The van der Waals surface area contributed by atoms with E-state index < -0.39 is 0 Å². The number of fused-ring (bicyclic) bond motifs is 1. The number of hydrogen-bond donors (Lipinski definition) is 1. The van der Waals surface area contributed by atoms with Gasteiger partial charge in [-0.15, -0.1) is 10.2 Å². The maximum absolute atomic E-state index is 12.2. The molecule has 152 valence electrons. The van der Waals surface area contributed by atoms with Crippen LogP contribution in [0.3, 0.4) is 0 Å². The number of carbonyl (C=O) groups is 1. The van der Waals surface area contributed by atoms with E-state index in [4.69, 9.17) is 9.15 Å². The number of aromatic nitrogens is 2. The second-order valence-corrected chi connectivity index (χ2v) is 7.67. The highest BCUT2D eigenvalue weighted by Crippen LogP contribution is 2.22. The molecule has 30 heavy (non-hydrogen) atoms. The smallest absolute Gasteiger partial charge is 0.277 e. The van der Waals surface area contributed by atoms with Crippen molar-refractivity contribution < 1.29 is 13.9 Å². The maximum atomic E-state index is 12.2. The average Bonchev–Trinajstić information content (AvgIpc) is 3.24. The van der Waals surface area contributed by atoms with Crippen molar-refractivity contribution in [3.8, 4) is 5.75 Å². The van der Waals surface area contributed by atoms with Crippen molar-refractivity contribution >= 4 is 28.4 Å². The number of nitrogens with zero attached hydrogens (tertiary/aromatic N) is 2. The summed E-state index contributed by atoms with van der Waals surface area (Å²) >= 11 is 1.20. The molecule has 0 aliphatic rings. The standard InChI is InChI=1S/C23H21N3O3S/c1-16(17-7-3-2-4-8-17)24-21(27)15-30-23-26-25-22(29-23)14-28-20-12-11-18-9-5-6-10-19(18)13-20/h2-13,16H,14-15H2,1H3,(H,24,27)/t16-/m1/s1. The van der Waals surface area contributed by atoms with E-state index in [1.54, 1.807) is 0 Å². The summed E-state index contributed by atoms with van der Waals surface area (Å²) < 4.78 is 11.3. The van der Waals surface area contributed by atoms with Gasteiger partial charge in [-0.25, -0.2) is 0 Å². The van der Waals surface area contributed by atoms with Crippen LogP contribution in [0, 0.1) is 0 Å². The van der Waals surface area contributed by atoms with Crippen molar-refractivity contribution in [2.45, 2.75) is 24.8 Å². The molecule has 0 radical (unpaired) electrons. The molecule has 1 heterocycles. The van der Waals surface area contributed by atoms with Crippen LogP contribution < -0.4 is 10.1 Å². The fourth-order valence-electron chi connectivity index (χ4n) is 2.99. The predicted molar refractivity (Wildman–Crippen MR) is 116 cm³/mol. The summed E-state index contributed by atoms with van der Waals surface area (Å²) in [6, 6.07) is 23.7. The summed E-state index contributed by atoms with van der Waals surface area (Å²) in [7, 11) is 0. The van der Waals surface area contributed by atoms with Gasteiger partial charge in [0.2, 0.25) is 5.91 Å². The third-order valence-corrected chi connectivity index (χ3v) is 5.35. The Morgan fingerprint density at radius 2 is 1.80 bits per heavy atom. The predicted octanol–water partition coefficient (Wildman–Crippen LogP) is 4.77. The summed E-state index contributed by atoms with van der Waals surface area (Å²) in [6.07, 6.45) is 0. The average molecular weight is 420 g/mol. The normalized spacial score (nSPS) is 11.9. The van der Waals surface area contributed by atoms with Crippen LogP contribution in [-0.2, 0) is 11.4 Å². The van der Waals surface area contributed by atoms with Crippen molar-refractivity contribution in [2.75, 3.05) is 5.75 Å². The number of amides is 1. The topological polar surface area (TPSA) is 77.2 Å². The molecule has 4 aromatic rings. The van der Waals surface area contributed by atoms with E-state index in [-0.39, 0.29) is 24.3 Å². The van der Waals surface area contributed by atoms with Gasteiger partial charge in [0.15, 0.2) is 6.61 Å². The van der Waals surface area contributed by atoms with Crippen LogP contribution in [0.25, 0.3) is 10.8 Å². The molecule has 7 heteroatoms. The van der Waals surface area contributed by atoms with Gasteiger partial charge in [-0.1, -0.05) is 72.4 Å². The van der Waals surface area contributed by atoms with Gasteiger partial charge in [0, 0.05) is 0 Å². The Morgan fingerprint density at radius 1 is 1.03 bits per heavy atom. The highest BCUT2D eigenvalue weighted by atomic mass is 32.2. The number of carbonyl (C=O) groups excluding carboxylic acids is 1. The molecule has 1 atom stereocenters. The van der Waals surface area contributed by atoms with Gasteiger partial charge in [0.05, 0.1) is 11.8 Å². The van der Waals surface area contributed by atoms with Crippen LogP contribution >= 0.6 is 11.8 Å². The first-order valence-corrected chi connectivity index (χ1v) is 10.6. The summed E-state index contributed by atoms with van der Waals surface area (Å²) in [5.41, 5.74) is 1.06. The number of rotatable bonds is 8. The summed E-state index contributed by atoms with van der Waals surface area (Å²) in [5, 5.41) is 13.5. The van der Waals surface area contributed by atoms with Gasteiger partial charge in [0.25, 0.3) is 11.1 Å². The second kappa shape index (κ2) is 9.45. The molecule has 0 bridgehead atoms. The van der Waals surface area contributed by atoms with Crippen molar-refractivity contribution in [1.29, 1.82) is 0 Å².